The van der Waals surface area contributed by atoms with Crippen molar-refractivity contribution in [2.45, 2.75) is 52.4 Å². The first kappa shape index (κ1) is 18.1. The van der Waals surface area contributed by atoms with Gasteiger partial charge in [-0.25, -0.2) is 4.98 Å². The van der Waals surface area contributed by atoms with Gasteiger partial charge in [0.15, 0.2) is 17.0 Å². The minimum absolute atomic E-state index is 0.172. The van der Waals surface area contributed by atoms with Gasteiger partial charge >= 0.3 is 0 Å². The van der Waals surface area contributed by atoms with E-state index in [0.717, 1.165) is 16.7 Å². The maximum absolute atomic E-state index is 9.76. The van der Waals surface area contributed by atoms with Crippen LogP contribution >= 0.6 is 0 Å². The molecule has 0 unspecified atom stereocenters. The Morgan fingerprint density at radius 3 is 2.65 bits per heavy atom. The zero-order valence-electron chi connectivity index (χ0n) is 15.5. The number of aliphatic hydroxyl groups excluding tert-OH is 1. The normalized spacial score (nSPS) is 13.8. The molecule has 3 heterocycles. The average Bonchev–Trinajstić information content (AvgIpc) is 3.04. The molecule has 0 aliphatic carbocycles. The van der Waals surface area contributed by atoms with Crippen LogP contribution in [0.5, 0.6) is 0 Å². The molecule has 0 spiro atoms. The molecule has 2 atom stereocenters. The molecule has 0 amide bonds. The van der Waals surface area contributed by atoms with Crippen LogP contribution in [-0.2, 0) is 6.54 Å². The number of aliphatic hydroxyl groups is 1. The molecule has 0 fully saturated rings. The van der Waals surface area contributed by atoms with Gasteiger partial charge in [0.1, 0.15) is 0 Å². The molecule has 8 heteroatoms. The number of aromatic nitrogens is 5. The van der Waals surface area contributed by atoms with Crippen molar-refractivity contribution in [3.05, 3.63) is 36.4 Å². The van der Waals surface area contributed by atoms with Crippen LogP contribution in [-0.4, -0.2) is 41.8 Å². The fraction of sp³-hybridized carbons (Fsp3) is 0.444. The van der Waals surface area contributed by atoms with Crippen LogP contribution in [0, 0.1) is 0 Å². The predicted octanol–water partition coefficient (Wildman–Crippen LogP) is 2.60. The van der Waals surface area contributed by atoms with Gasteiger partial charge in [0, 0.05) is 25.0 Å². The fourth-order valence-corrected chi connectivity index (χ4v) is 2.49. The lowest BCUT2D eigenvalue weighted by molar-refractivity contribution is 0.177. The van der Waals surface area contributed by atoms with Gasteiger partial charge in [0.05, 0.1) is 18.5 Å². The van der Waals surface area contributed by atoms with Crippen molar-refractivity contribution < 1.29 is 5.11 Å². The van der Waals surface area contributed by atoms with Gasteiger partial charge in [-0.1, -0.05) is 6.07 Å². The lowest BCUT2D eigenvalue weighted by Gasteiger charge is -2.18. The maximum Gasteiger partial charge on any atom is 0.227 e. The zero-order chi connectivity index (χ0) is 18.7. The van der Waals surface area contributed by atoms with Gasteiger partial charge in [-0.15, -0.1) is 0 Å². The smallest absolute Gasteiger partial charge is 0.227 e. The van der Waals surface area contributed by atoms with Crippen molar-refractivity contribution in [3.8, 4) is 0 Å². The van der Waals surface area contributed by atoms with Gasteiger partial charge in [-0.05, 0) is 39.3 Å². The third-order valence-corrected chi connectivity index (χ3v) is 4.24. The van der Waals surface area contributed by atoms with Crippen molar-refractivity contribution in [1.82, 2.24) is 24.5 Å². The largest absolute Gasteiger partial charge is 0.391 e. The topological polar surface area (TPSA) is 101 Å². The number of fused-ring (bicyclic) bond motifs is 1. The van der Waals surface area contributed by atoms with E-state index < -0.39 is 6.10 Å². The standard InChI is InChI=1S/C18H25N7O/c1-11(2)25-10-21-15-16(20-9-14-6-5-7-19-8-14)23-18(24-17(15)25)22-12(3)13(4)26/h5-8,10-13,26H,9H2,1-4H3,(H2,20,22,23,24)/t12-,13-/m0/s1. The van der Waals surface area contributed by atoms with Gasteiger partial charge in [-0.3, -0.25) is 4.98 Å². The molecule has 0 radical (unpaired) electrons. The molecule has 138 valence electrons. The number of imidazole rings is 1. The summed E-state index contributed by atoms with van der Waals surface area (Å²) >= 11 is 0. The molecule has 3 N–H and O–H groups in total. The number of hydrogen-bond acceptors (Lipinski definition) is 7. The highest BCUT2D eigenvalue weighted by Crippen LogP contribution is 2.24. The highest BCUT2D eigenvalue weighted by atomic mass is 16.3. The number of hydrogen-bond donors (Lipinski definition) is 3. The van der Waals surface area contributed by atoms with E-state index in [9.17, 15) is 5.11 Å². The Morgan fingerprint density at radius 2 is 2.00 bits per heavy atom. The van der Waals surface area contributed by atoms with E-state index in [2.05, 4.69) is 44.4 Å². The van der Waals surface area contributed by atoms with Crippen LogP contribution in [0.3, 0.4) is 0 Å². The molecule has 0 aromatic carbocycles. The highest BCUT2D eigenvalue weighted by Gasteiger charge is 2.17. The summed E-state index contributed by atoms with van der Waals surface area (Å²) in [6.07, 6.45) is 4.82. The number of rotatable bonds is 7. The van der Waals surface area contributed by atoms with E-state index in [1.807, 2.05) is 29.8 Å². The minimum Gasteiger partial charge on any atom is -0.391 e. The van der Waals surface area contributed by atoms with Crippen LogP contribution in [0.1, 0.15) is 39.3 Å². The summed E-state index contributed by atoms with van der Waals surface area (Å²) in [6.45, 7) is 8.37. The van der Waals surface area contributed by atoms with E-state index in [4.69, 9.17) is 0 Å². The zero-order valence-corrected chi connectivity index (χ0v) is 15.5. The Labute approximate surface area is 152 Å². The summed E-state index contributed by atoms with van der Waals surface area (Å²) in [5, 5.41) is 16.3. The Hall–Kier alpha value is -2.74. The average molecular weight is 355 g/mol. The molecular formula is C18H25N7O. The molecule has 0 aliphatic heterocycles. The first-order valence-corrected chi connectivity index (χ1v) is 8.77. The van der Waals surface area contributed by atoms with Crippen LogP contribution in [0.2, 0.25) is 0 Å². The number of nitrogens with zero attached hydrogens (tertiary/aromatic N) is 5. The lowest BCUT2D eigenvalue weighted by atomic mass is 10.2. The van der Waals surface area contributed by atoms with Crippen LogP contribution < -0.4 is 10.6 Å². The summed E-state index contributed by atoms with van der Waals surface area (Å²) in [4.78, 5) is 17.8. The number of anilines is 2. The van der Waals surface area contributed by atoms with Crippen molar-refractivity contribution in [2.24, 2.45) is 0 Å². The SMILES string of the molecule is CC(C)n1cnc2c(NCc3cccnc3)nc(N[C@@H](C)[C@H](C)O)nc21. The van der Waals surface area contributed by atoms with Gasteiger partial charge in [-0.2, -0.15) is 9.97 Å². The van der Waals surface area contributed by atoms with Crippen LogP contribution in [0.15, 0.2) is 30.9 Å². The van der Waals surface area contributed by atoms with Crippen molar-refractivity contribution in [2.75, 3.05) is 10.6 Å². The molecule has 26 heavy (non-hydrogen) atoms. The van der Waals surface area contributed by atoms with Crippen molar-refractivity contribution in [3.63, 3.8) is 0 Å². The molecule has 3 aromatic heterocycles. The predicted molar refractivity (Wildman–Crippen MR) is 102 cm³/mol. The summed E-state index contributed by atoms with van der Waals surface area (Å²) in [7, 11) is 0. The third kappa shape index (κ3) is 3.91. The fourth-order valence-electron chi connectivity index (χ4n) is 2.49. The van der Waals surface area contributed by atoms with E-state index >= 15 is 0 Å². The second-order valence-electron chi connectivity index (χ2n) is 6.70. The summed E-state index contributed by atoms with van der Waals surface area (Å²) < 4.78 is 2.00. The summed E-state index contributed by atoms with van der Waals surface area (Å²) in [5.74, 6) is 1.11. The quantitative estimate of drug-likeness (QED) is 0.599. The molecule has 3 rings (SSSR count). The van der Waals surface area contributed by atoms with Crippen molar-refractivity contribution >= 4 is 22.9 Å². The maximum atomic E-state index is 9.76. The van der Waals surface area contributed by atoms with Gasteiger partial charge in [0.25, 0.3) is 0 Å². The molecule has 0 saturated heterocycles. The minimum atomic E-state index is -0.517. The lowest BCUT2D eigenvalue weighted by Crippen LogP contribution is -2.29. The van der Waals surface area contributed by atoms with Crippen LogP contribution in [0.25, 0.3) is 11.2 Å². The van der Waals surface area contributed by atoms with E-state index in [1.54, 1.807) is 19.4 Å². The van der Waals surface area contributed by atoms with E-state index in [-0.39, 0.29) is 12.1 Å². The Bertz CT molecular complexity index is 861. The third-order valence-electron chi connectivity index (χ3n) is 4.24. The molecule has 0 aliphatic rings. The van der Waals surface area contributed by atoms with Crippen molar-refractivity contribution in [1.29, 1.82) is 0 Å². The molecular weight excluding hydrogens is 330 g/mol. The summed E-state index contributed by atoms with van der Waals surface area (Å²) in [5.41, 5.74) is 2.52. The molecule has 8 nitrogen and oxygen atoms in total. The van der Waals surface area contributed by atoms with Gasteiger partial charge in [0.2, 0.25) is 5.95 Å². The van der Waals surface area contributed by atoms with Crippen LogP contribution in [0.4, 0.5) is 11.8 Å². The Kier molecular flexibility index (Phi) is 5.32. The highest BCUT2D eigenvalue weighted by molar-refractivity contribution is 5.84. The molecule has 3 aromatic rings. The Morgan fingerprint density at radius 1 is 1.19 bits per heavy atom. The number of pyridine rings is 1. The first-order valence-electron chi connectivity index (χ1n) is 8.77. The van der Waals surface area contributed by atoms with E-state index in [1.165, 1.54) is 0 Å². The molecule has 0 saturated carbocycles. The summed E-state index contributed by atoms with van der Waals surface area (Å²) in [6, 6.07) is 3.95. The number of nitrogens with one attached hydrogen (secondary N) is 2. The Balaban J connectivity index is 1.96. The first-order chi connectivity index (χ1) is 12.5. The second-order valence-corrected chi connectivity index (χ2v) is 6.70. The second kappa shape index (κ2) is 7.65. The van der Waals surface area contributed by atoms with Gasteiger partial charge < -0.3 is 20.3 Å². The van der Waals surface area contributed by atoms with E-state index in [0.29, 0.717) is 18.3 Å². The molecule has 0 bridgehead atoms. The monoisotopic (exact) mass is 355 g/mol.